The van der Waals surface area contributed by atoms with Gasteiger partial charge in [-0.2, -0.15) is 0 Å². The standard InChI is InChI=1S/C16H18B2Br2O8/c1-25-13-7(17(21)22)5-9(19)15(27-3)11(13)12-14(26-2)8(18(23)24)6-10(20)16(12)28-4/h5-6,21-24H,1-4H3. The summed E-state index contributed by atoms with van der Waals surface area (Å²) in [7, 11) is 1.88. The maximum atomic E-state index is 9.81. The van der Waals surface area contributed by atoms with Crippen molar-refractivity contribution in [2.75, 3.05) is 28.4 Å². The first-order valence-corrected chi connectivity index (χ1v) is 9.43. The highest BCUT2D eigenvalue weighted by molar-refractivity contribution is 9.11. The average molecular weight is 520 g/mol. The van der Waals surface area contributed by atoms with Crippen molar-refractivity contribution in [2.24, 2.45) is 0 Å². The van der Waals surface area contributed by atoms with Gasteiger partial charge in [-0.05, 0) is 44.0 Å². The summed E-state index contributed by atoms with van der Waals surface area (Å²) >= 11 is 6.70. The highest BCUT2D eigenvalue weighted by Crippen LogP contribution is 2.51. The van der Waals surface area contributed by atoms with Crippen molar-refractivity contribution in [3.05, 3.63) is 21.1 Å². The highest BCUT2D eigenvalue weighted by atomic mass is 79.9. The van der Waals surface area contributed by atoms with Crippen LogP contribution in [0.3, 0.4) is 0 Å². The third-order valence-corrected chi connectivity index (χ3v) is 5.23. The summed E-state index contributed by atoms with van der Waals surface area (Å²) in [4.78, 5) is 0. The zero-order chi connectivity index (χ0) is 21.2. The maximum absolute atomic E-state index is 9.81. The first-order chi connectivity index (χ1) is 13.2. The van der Waals surface area contributed by atoms with Crippen LogP contribution in [0.4, 0.5) is 0 Å². The molecule has 8 nitrogen and oxygen atoms in total. The van der Waals surface area contributed by atoms with Crippen molar-refractivity contribution in [1.29, 1.82) is 0 Å². The van der Waals surface area contributed by atoms with Crippen LogP contribution in [0.1, 0.15) is 0 Å². The molecule has 0 spiro atoms. The summed E-state index contributed by atoms with van der Waals surface area (Å²) in [5.41, 5.74) is 0.638. The van der Waals surface area contributed by atoms with Gasteiger partial charge in [0.15, 0.2) is 0 Å². The van der Waals surface area contributed by atoms with E-state index in [1.807, 2.05) is 0 Å². The van der Waals surface area contributed by atoms with Crippen molar-refractivity contribution in [2.45, 2.75) is 0 Å². The third-order valence-electron chi connectivity index (χ3n) is 4.05. The second-order valence-electron chi connectivity index (χ2n) is 5.53. The predicted octanol–water partition coefficient (Wildman–Crippen LogP) is 0.273. The second kappa shape index (κ2) is 9.38. The Morgan fingerprint density at radius 1 is 0.607 bits per heavy atom. The Morgan fingerprint density at radius 2 is 0.893 bits per heavy atom. The molecular formula is C16H18B2Br2O8. The molecule has 0 aliphatic rings. The molecule has 2 aromatic carbocycles. The monoisotopic (exact) mass is 518 g/mol. The van der Waals surface area contributed by atoms with E-state index in [0.717, 1.165) is 0 Å². The molecule has 0 bridgehead atoms. The van der Waals surface area contributed by atoms with E-state index in [-0.39, 0.29) is 45.1 Å². The van der Waals surface area contributed by atoms with Gasteiger partial charge >= 0.3 is 14.2 Å². The molecule has 0 aliphatic heterocycles. The Labute approximate surface area is 179 Å². The maximum Gasteiger partial charge on any atom is 0.492 e. The Bertz CT molecular complexity index is 805. The highest BCUT2D eigenvalue weighted by Gasteiger charge is 2.33. The Kier molecular flexibility index (Phi) is 7.66. The summed E-state index contributed by atoms with van der Waals surface area (Å²) in [5, 5.41) is 39.2. The van der Waals surface area contributed by atoms with Crippen LogP contribution in [0.5, 0.6) is 23.0 Å². The molecule has 0 saturated heterocycles. The van der Waals surface area contributed by atoms with Gasteiger partial charge in [-0.25, -0.2) is 0 Å². The molecule has 2 rings (SSSR count). The number of benzene rings is 2. The Morgan fingerprint density at radius 3 is 1.11 bits per heavy atom. The molecule has 150 valence electrons. The Hall–Kier alpha value is -1.43. The molecule has 12 heteroatoms. The molecule has 4 N–H and O–H groups in total. The first kappa shape index (κ1) is 22.9. The summed E-state index contributed by atoms with van der Waals surface area (Å²) in [6, 6.07) is 2.90. The predicted molar refractivity (Wildman–Crippen MR) is 113 cm³/mol. The van der Waals surface area contributed by atoms with Gasteiger partial charge in [0.25, 0.3) is 0 Å². The van der Waals surface area contributed by atoms with Crippen LogP contribution in [-0.4, -0.2) is 62.8 Å². The molecule has 0 saturated carbocycles. The van der Waals surface area contributed by atoms with E-state index >= 15 is 0 Å². The van der Waals surface area contributed by atoms with E-state index in [9.17, 15) is 20.1 Å². The third kappa shape index (κ3) is 3.98. The topological polar surface area (TPSA) is 118 Å². The van der Waals surface area contributed by atoms with Crippen molar-refractivity contribution in [3.63, 3.8) is 0 Å². The fourth-order valence-corrected chi connectivity index (χ4v) is 4.16. The number of methoxy groups -OCH3 is 4. The molecule has 0 aliphatic carbocycles. The number of hydrogen-bond acceptors (Lipinski definition) is 8. The van der Waals surface area contributed by atoms with Crippen LogP contribution in [0.2, 0.25) is 0 Å². The summed E-state index contributed by atoms with van der Waals surface area (Å²) in [6.45, 7) is 0. The van der Waals surface area contributed by atoms with Crippen molar-refractivity contribution >= 4 is 57.0 Å². The minimum Gasteiger partial charge on any atom is -0.496 e. The van der Waals surface area contributed by atoms with Gasteiger partial charge < -0.3 is 39.0 Å². The summed E-state index contributed by atoms with van der Waals surface area (Å²) in [5.74, 6) is 0.745. The van der Waals surface area contributed by atoms with Crippen LogP contribution in [0, 0.1) is 0 Å². The molecule has 0 aromatic heterocycles. The van der Waals surface area contributed by atoms with Crippen LogP contribution in [-0.2, 0) is 0 Å². The minimum absolute atomic E-state index is 0.0559. The zero-order valence-electron chi connectivity index (χ0n) is 15.5. The molecule has 28 heavy (non-hydrogen) atoms. The van der Waals surface area contributed by atoms with Gasteiger partial charge in [-0.1, -0.05) is 0 Å². The van der Waals surface area contributed by atoms with Gasteiger partial charge in [-0.3, -0.25) is 0 Å². The van der Waals surface area contributed by atoms with E-state index < -0.39 is 14.2 Å². The molecule has 0 heterocycles. The minimum atomic E-state index is -1.84. The van der Waals surface area contributed by atoms with Gasteiger partial charge in [0.2, 0.25) is 0 Å². The lowest BCUT2D eigenvalue weighted by molar-refractivity contribution is 0.381. The quantitative estimate of drug-likeness (QED) is 0.385. The van der Waals surface area contributed by atoms with Gasteiger partial charge in [-0.15, -0.1) is 0 Å². The van der Waals surface area contributed by atoms with E-state index in [4.69, 9.17) is 18.9 Å². The molecule has 0 atom stereocenters. The largest absolute Gasteiger partial charge is 0.496 e. The lowest BCUT2D eigenvalue weighted by Gasteiger charge is -2.23. The fraction of sp³-hybridized carbons (Fsp3) is 0.250. The zero-order valence-corrected chi connectivity index (χ0v) is 18.7. The second-order valence-corrected chi connectivity index (χ2v) is 7.23. The summed E-state index contributed by atoms with van der Waals surface area (Å²) in [6.07, 6.45) is 0. The van der Waals surface area contributed by atoms with Crippen molar-refractivity contribution in [1.82, 2.24) is 0 Å². The van der Waals surface area contributed by atoms with Crippen LogP contribution in [0.25, 0.3) is 11.1 Å². The molecule has 0 fully saturated rings. The van der Waals surface area contributed by atoms with E-state index in [0.29, 0.717) is 8.95 Å². The van der Waals surface area contributed by atoms with Crippen molar-refractivity contribution < 1.29 is 39.0 Å². The summed E-state index contributed by atoms with van der Waals surface area (Å²) < 4.78 is 22.7. The molecule has 2 aromatic rings. The number of ether oxygens (including phenoxy) is 4. The van der Waals surface area contributed by atoms with Crippen LogP contribution >= 0.6 is 31.9 Å². The van der Waals surface area contributed by atoms with Crippen molar-refractivity contribution in [3.8, 4) is 34.1 Å². The molecular weight excluding hydrogens is 502 g/mol. The lowest BCUT2D eigenvalue weighted by atomic mass is 9.75. The lowest BCUT2D eigenvalue weighted by Crippen LogP contribution is -2.33. The molecule has 0 amide bonds. The van der Waals surface area contributed by atoms with Gasteiger partial charge in [0, 0.05) is 10.9 Å². The van der Waals surface area contributed by atoms with E-state index in [1.54, 1.807) is 0 Å². The number of halogens is 2. The number of hydrogen-bond donors (Lipinski definition) is 4. The fourth-order valence-electron chi connectivity index (χ4n) is 2.95. The van der Waals surface area contributed by atoms with E-state index in [1.165, 1.54) is 40.6 Å². The Balaban J connectivity index is 3.14. The van der Waals surface area contributed by atoms with Gasteiger partial charge in [0.05, 0.1) is 48.5 Å². The van der Waals surface area contributed by atoms with E-state index in [2.05, 4.69) is 31.9 Å². The van der Waals surface area contributed by atoms with Gasteiger partial charge in [0.1, 0.15) is 23.0 Å². The average Bonchev–Trinajstić information content (AvgIpc) is 2.65. The van der Waals surface area contributed by atoms with Crippen LogP contribution < -0.4 is 29.9 Å². The first-order valence-electron chi connectivity index (χ1n) is 7.84. The molecule has 0 unspecified atom stereocenters. The number of rotatable bonds is 7. The van der Waals surface area contributed by atoms with Crippen LogP contribution in [0.15, 0.2) is 21.1 Å². The smallest absolute Gasteiger partial charge is 0.492 e. The SMILES string of the molecule is COc1c(Br)cc(B(O)O)c(OC)c1-c1c(OC)c(Br)cc(B(O)O)c1OC. The normalized spacial score (nSPS) is 10.5. The molecule has 0 radical (unpaired) electrons.